The molecular weight excluding hydrogens is 369 g/mol. The third-order valence-electron chi connectivity index (χ3n) is 2.83. The Hall–Kier alpha value is -1.03. The Balaban J connectivity index is 3.35. The highest BCUT2D eigenvalue weighted by Gasteiger charge is 2.28. The van der Waals surface area contributed by atoms with E-state index in [0.717, 1.165) is 12.1 Å². The van der Waals surface area contributed by atoms with Gasteiger partial charge in [-0.15, -0.1) is 0 Å². The van der Waals surface area contributed by atoms with E-state index in [9.17, 15) is 17.6 Å². The standard InChI is InChI=1S/C12H15BrFNO5S/c1-6(2)9(5-16)15-21(19,20)10-4-7(13)3-8(11(10)14)12(17)18/h3-4,6,9,15-16H,5H2,1-2H3,(H,17,18). The maximum absolute atomic E-state index is 14.1. The SMILES string of the molecule is CC(C)C(CO)NS(=O)(=O)c1cc(Br)cc(C(=O)O)c1F. The van der Waals surface area contributed by atoms with Gasteiger partial charge >= 0.3 is 5.97 Å². The first-order valence-electron chi connectivity index (χ1n) is 5.95. The first-order valence-corrected chi connectivity index (χ1v) is 8.23. The molecule has 9 heteroatoms. The molecule has 0 bridgehead atoms. The minimum Gasteiger partial charge on any atom is -0.478 e. The summed E-state index contributed by atoms with van der Waals surface area (Å²) in [4.78, 5) is 10.1. The molecule has 1 unspecified atom stereocenters. The van der Waals surface area contributed by atoms with Crippen LogP contribution in [0.2, 0.25) is 0 Å². The second-order valence-corrected chi connectivity index (χ2v) is 7.32. The van der Waals surface area contributed by atoms with Gasteiger partial charge in [-0.05, 0) is 18.1 Å². The van der Waals surface area contributed by atoms with Crippen molar-refractivity contribution < 1.29 is 27.8 Å². The molecule has 3 N–H and O–H groups in total. The van der Waals surface area contributed by atoms with Crippen LogP contribution in [0.4, 0.5) is 4.39 Å². The molecule has 0 radical (unpaired) electrons. The van der Waals surface area contributed by atoms with Crippen molar-refractivity contribution in [3.63, 3.8) is 0 Å². The van der Waals surface area contributed by atoms with Crippen LogP contribution < -0.4 is 4.72 Å². The zero-order chi connectivity index (χ0) is 16.4. The fourth-order valence-corrected chi connectivity index (χ4v) is 3.67. The molecule has 0 aliphatic heterocycles. The summed E-state index contributed by atoms with van der Waals surface area (Å²) in [6.45, 7) is 2.91. The van der Waals surface area contributed by atoms with Gasteiger partial charge in [-0.2, -0.15) is 0 Å². The molecule has 0 saturated carbocycles. The Morgan fingerprint density at radius 3 is 2.43 bits per heavy atom. The number of aliphatic hydroxyl groups is 1. The van der Waals surface area contributed by atoms with Gasteiger partial charge in [0.1, 0.15) is 4.90 Å². The van der Waals surface area contributed by atoms with Crippen LogP contribution in [0.1, 0.15) is 24.2 Å². The molecule has 118 valence electrons. The summed E-state index contributed by atoms with van der Waals surface area (Å²) in [5.41, 5.74) is -0.755. The van der Waals surface area contributed by atoms with Crippen LogP contribution in [-0.4, -0.2) is 37.2 Å². The zero-order valence-corrected chi connectivity index (χ0v) is 13.7. The van der Waals surface area contributed by atoms with E-state index in [1.54, 1.807) is 13.8 Å². The van der Waals surface area contributed by atoms with Crippen molar-refractivity contribution in [2.75, 3.05) is 6.61 Å². The van der Waals surface area contributed by atoms with Crippen LogP contribution in [-0.2, 0) is 10.0 Å². The highest BCUT2D eigenvalue weighted by Crippen LogP contribution is 2.24. The molecule has 1 rings (SSSR count). The quantitative estimate of drug-likeness (QED) is 0.691. The number of benzene rings is 1. The van der Waals surface area contributed by atoms with Gasteiger partial charge in [-0.3, -0.25) is 0 Å². The minimum absolute atomic E-state index is 0.117. The van der Waals surface area contributed by atoms with Crippen molar-refractivity contribution >= 4 is 31.9 Å². The van der Waals surface area contributed by atoms with E-state index < -0.39 is 44.9 Å². The van der Waals surface area contributed by atoms with E-state index in [0.29, 0.717) is 0 Å². The van der Waals surface area contributed by atoms with Crippen LogP contribution in [0.3, 0.4) is 0 Å². The highest BCUT2D eigenvalue weighted by atomic mass is 79.9. The number of carbonyl (C=O) groups is 1. The van der Waals surface area contributed by atoms with Gasteiger partial charge in [-0.1, -0.05) is 29.8 Å². The summed E-state index contributed by atoms with van der Waals surface area (Å²) in [5.74, 6) is -3.15. The summed E-state index contributed by atoms with van der Waals surface area (Å²) >= 11 is 2.95. The van der Waals surface area contributed by atoms with Crippen molar-refractivity contribution in [3.05, 3.63) is 28.0 Å². The van der Waals surface area contributed by atoms with E-state index in [-0.39, 0.29) is 10.4 Å². The molecule has 1 aromatic rings. The predicted molar refractivity (Wildman–Crippen MR) is 77.1 cm³/mol. The average molecular weight is 384 g/mol. The molecule has 21 heavy (non-hydrogen) atoms. The summed E-state index contributed by atoms with van der Waals surface area (Å²) in [6.07, 6.45) is 0. The van der Waals surface area contributed by atoms with Crippen LogP contribution >= 0.6 is 15.9 Å². The number of sulfonamides is 1. The van der Waals surface area contributed by atoms with E-state index in [1.165, 1.54) is 0 Å². The summed E-state index contributed by atoms with van der Waals surface area (Å²) in [7, 11) is -4.30. The smallest absolute Gasteiger partial charge is 0.338 e. The highest BCUT2D eigenvalue weighted by molar-refractivity contribution is 9.10. The molecular formula is C12H15BrFNO5S. The fourth-order valence-electron chi connectivity index (χ4n) is 1.56. The fraction of sp³-hybridized carbons (Fsp3) is 0.417. The van der Waals surface area contributed by atoms with Crippen LogP contribution in [0.5, 0.6) is 0 Å². The summed E-state index contributed by atoms with van der Waals surface area (Å²) < 4.78 is 40.7. The largest absolute Gasteiger partial charge is 0.478 e. The summed E-state index contributed by atoms with van der Waals surface area (Å²) in [5, 5.41) is 18.0. The lowest BCUT2D eigenvalue weighted by Gasteiger charge is -2.20. The molecule has 0 fully saturated rings. The van der Waals surface area contributed by atoms with Crippen molar-refractivity contribution in [1.82, 2.24) is 4.72 Å². The lowest BCUT2D eigenvalue weighted by atomic mass is 10.1. The number of hydrogen-bond acceptors (Lipinski definition) is 4. The van der Waals surface area contributed by atoms with E-state index in [1.807, 2.05) is 0 Å². The summed E-state index contributed by atoms with van der Waals surface area (Å²) in [6, 6.07) is 1.14. The average Bonchev–Trinajstić information content (AvgIpc) is 2.37. The third kappa shape index (κ3) is 4.22. The molecule has 0 spiro atoms. The normalized spacial score (nSPS) is 13.4. The number of hydrogen-bond donors (Lipinski definition) is 3. The van der Waals surface area contributed by atoms with Gasteiger partial charge in [0.05, 0.1) is 12.2 Å². The topological polar surface area (TPSA) is 104 Å². The Morgan fingerprint density at radius 2 is 2.00 bits per heavy atom. The van der Waals surface area contributed by atoms with Crippen molar-refractivity contribution in [3.8, 4) is 0 Å². The van der Waals surface area contributed by atoms with Crippen LogP contribution in [0.15, 0.2) is 21.5 Å². The van der Waals surface area contributed by atoms with Gasteiger partial charge < -0.3 is 10.2 Å². The van der Waals surface area contributed by atoms with Crippen LogP contribution in [0.25, 0.3) is 0 Å². The number of nitrogens with one attached hydrogen (secondary N) is 1. The molecule has 0 saturated heterocycles. The zero-order valence-electron chi connectivity index (χ0n) is 11.3. The second-order valence-electron chi connectivity index (χ2n) is 4.72. The second kappa shape index (κ2) is 6.82. The molecule has 0 aliphatic carbocycles. The predicted octanol–water partition coefficient (Wildman–Crippen LogP) is 1.58. The number of aliphatic hydroxyl groups excluding tert-OH is 1. The number of rotatable bonds is 6. The first-order chi connectivity index (χ1) is 9.60. The Bertz CT molecular complexity index is 647. The van der Waals surface area contributed by atoms with Gasteiger partial charge in [0, 0.05) is 10.5 Å². The van der Waals surface area contributed by atoms with Gasteiger partial charge in [0.2, 0.25) is 10.0 Å². The van der Waals surface area contributed by atoms with Crippen LogP contribution in [0, 0.1) is 11.7 Å². The Labute approximate surface area is 130 Å². The van der Waals surface area contributed by atoms with Gasteiger partial charge in [-0.25, -0.2) is 22.3 Å². The Kier molecular flexibility index (Phi) is 5.85. The maximum atomic E-state index is 14.1. The van der Waals surface area contributed by atoms with Crippen molar-refractivity contribution in [1.29, 1.82) is 0 Å². The number of halogens is 2. The number of carboxylic acid groups (broad SMARTS) is 1. The van der Waals surface area contributed by atoms with E-state index in [4.69, 9.17) is 10.2 Å². The third-order valence-corrected chi connectivity index (χ3v) is 4.78. The lowest BCUT2D eigenvalue weighted by molar-refractivity contribution is 0.0691. The molecule has 0 aromatic heterocycles. The van der Waals surface area contributed by atoms with E-state index in [2.05, 4.69) is 20.7 Å². The molecule has 1 aromatic carbocycles. The Morgan fingerprint density at radius 1 is 1.43 bits per heavy atom. The first kappa shape index (κ1) is 18.0. The van der Waals surface area contributed by atoms with Crippen molar-refractivity contribution in [2.45, 2.75) is 24.8 Å². The maximum Gasteiger partial charge on any atom is 0.338 e. The molecule has 6 nitrogen and oxygen atoms in total. The van der Waals surface area contributed by atoms with E-state index >= 15 is 0 Å². The molecule has 0 aliphatic rings. The monoisotopic (exact) mass is 383 g/mol. The number of aromatic carboxylic acids is 1. The lowest BCUT2D eigenvalue weighted by Crippen LogP contribution is -2.41. The van der Waals surface area contributed by atoms with Crippen molar-refractivity contribution in [2.24, 2.45) is 5.92 Å². The minimum atomic E-state index is -4.30. The molecule has 0 amide bonds. The molecule has 0 heterocycles. The molecule has 1 atom stereocenters. The number of carboxylic acids is 1. The van der Waals surface area contributed by atoms with Gasteiger partial charge in [0.15, 0.2) is 5.82 Å². The van der Waals surface area contributed by atoms with Gasteiger partial charge in [0.25, 0.3) is 0 Å².